The predicted octanol–water partition coefficient (Wildman–Crippen LogP) is 2.69. The molecular weight excluding hydrogens is 489 g/mol. The van der Waals surface area contributed by atoms with Crippen molar-refractivity contribution < 1.29 is 33.1 Å². The molecule has 5 rings (SSSR count). The number of aliphatic hydroxyl groups is 2. The molecule has 36 heavy (non-hydrogen) atoms. The Bertz CT molecular complexity index is 1310. The van der Waals surface area contributed by atoms with Crippen molar-refractivity contribution in [1.82, 2.24) is 14.5 Å². The molecule has 0 aliphatic carbocycles. The summed E-state index contributed by atoms with van der Waals surface area (Å²) in [5, 5.41) is 22.6. The quantitative estimate of drug-likeness (QED) is 0.364. The first-order valence-electron chi connectivity index (χ1n) is 11.5. The Morgan fingerprint density at radius 1 is 1.19 bits per heavy atom. The van der Waals surface area contributed by atoms with Crippen molar-refractivity contribution in [2.45, 2.75) is 62.9 Å². The van der Waals surface area contributed by atoms with Crippen LogP contribution in [0.3, 0.4) is 0 Å². The van der Waals surface area contributed by atoms with Crippen molar-refractivity contribution in [3.8, 4) is 0 Å². The Kier molecular flexibility index (Phi) is 6.12. The number of phosphoric ester groups is 1. The number of nitrogens with zero attached hydrogens (tertiary/aromatic N) is 3. The van der Waals surface area contributed by atoms with E-state index in [0.717, 1.165) is 5.56 Å². The molecule has 1 aromatic carbocycles. The largest absolute Gasteiger partial charge is 0.476 e. The van der Waals surface area contributed by atoms with Gasteiger partial charge in [0, 0.05) is 12.6 Å². The minimum atomic E-state index is -4.04. The highest BCUT2D eigenvalue weighted by Crippen LogP contribution is 2.61. The highest BCUT2D eigenvalue weighted by Gasteiger charge is 2.54. The number of aromatic nitrogens is 3. The molecule has 0 spiro atoms. The number of nitrogens with two attached hydrogens (primary N) is 2. The van der Waals surface area contributed by atoms with E-state index in [2.05, 4.69) is 9.97 Å². The van der Waals surface area contributed by atoms with Gasteiger partial charge in [0.15, 0.2) is 6.23 Å². The van der Waals surface area contributed by atoms with Gasteiger partial charge in [0.1, 0.15) is 29.3 Å². The summed E-state index contributed by atoms with van der Waals surface area (Å²) >= 11 is 0. The molecule has 0 saturated carbocycles. The van der Waals surface area contributed by atoms with Crippen LogP contribution in [0.5, 0.6) is 0 Å². The molecule has 4 heterocycles. The maximum Gasteiger partial charge on any atom is 0.476 e. The van der Waals surface area contributed by atoms with Crippen molar-refractivity contribution in [1.29, 1.82) is 0 Å². The van der Waals surface area contributed by atoms with Gasteiger partial charge in [-0.05, 0) is 32.4 Å². The second-order valence-corrected chi connectivity index (χ2v) is 11.5. The van der Waals surface area contributed by atoms with Gasteiger partial charge in [0.25, 0.3) is 0 Å². The lowest BCUT2D eigenvalue weighted by atomic mass is 9.96. The molecule has 6 atom stereocenters. The summed E-state index contributed by atoms with van der Waals surface area (Å²) in [7, 11) is -4.04. The molecule has 0 bridgehead atoms. The topological polar surface area (TPSA) is 177 Å². The Balaban J connectivity index is 1.36. The van der Waals surface area contributed by atoms with Gasteiger partial charge in [-0.2, -0.15) is 9.97 Å². The van der Waals surface area contributed by atoms with E-state index >= 15 is 0 Å². The van der Waals surface area contributed by atoms with Crippen LogP contribution in [0.4, 0.5) is 11.8 Å². The van der Waals surface area contributed by atoms with E-state index in [1.54, 1.807) is 26.1 Å². The van der Waals surface area contributed by atoms with Gasteiger partial charge >= 0.3 is 7.82 Å². The van der Waals surface area contributed by atoms with Crippen molar-refractivity contribution in [3.05, 3.63) is 48.2 Å². The summed E-state index contributed by atoms with van der Waals surface area (Å²) in [6.07, 6.45) is -1.96. The van der Waals surface area contributed by atoms with Gasteiger partial charge in [0.2, 0.25) is 5.95 Å². The van der Waals surface area contributed by atoms with E-state index in [1.807, 2.05) is 30.3 Å². The molecule has 2 saturated heterocycles. The lowest BCUT2D eigenvalue weighted by Gasteiger charge is -2.39. The molecule has 6 N–H and O–H groups in total. The predicted molar refractivity (Wildman–Crippen MR) is 131 cm³/mol. The van der Waals surface area contributed by atoms with Crippen LogP contribution >= 0.6 is 7.82 Å². The minimum absolute atomic E-state index is 0.0432. The standard InChI is InChI=1S/C23H30N5O7P/c1-22(2)11-15(13-7-5-4-6-8-13)34-36(31,35-22)32-12-16-17(29)23(3,30)20(33-16)28-10-9-14-18(24)26-21(25)27-19(14)28/h4-10,15-17,20,29-30H,11-12H2,1-3H3,(H4,24,25,26,27)/t15?,16-,17-,20-,23-,36?/m1/s1. The number of rotatable bonds is 5. The van der Waals surface area contributed by atoms with Crippen molar-refractivity contribution in [2.75, 3.05) is 18.1 Å². The van der Waals surface area contributed by atoms with E-state index in [4.69, 9.17) is 29.8 Å². The molecule has 2 aliphatic rings. The molecule has 0 radical (unpaired) electrons. The van der Waals surface area contributed by atoms with Crippen LogP contribution < -0.4 is 11.5 Å². The number of ether oxygens (including phenoxy) is 1. The molecule has 13 heteroatoms. The lowest BCUT2D eigenvalue weighted by Crippen LogP contribution is -2.44. The van der Waals surface area contributed by atoms with Crippen LogP contribution in [0.2, 0.25) is 0 Å². The zero-order valence-corrected chi connectivity index (χ0v) is 21.0. The van der Waals surface area contributed by atoms with E-state index in [9.17, 15) is 14.8 Å². The highest BCUT2D eigenvalue weighted by molar-refractivity contribution is 7.48. The monoisotopic (exact) mass is 519 g/mol. The van der Waals surface area contributed by atoms with Crippen LogP contribution in [0, 0.1) is 0 Å². The molecule has 3 aromatic rings. The third kappa shape index (κ3) is 4.50. The summed E-state index contributed by atoms with van der Waals surface area (Å²) in [6.45, 7) is 4.67. The fraction of sp³-hybridized carbons (Fsp3) is 0.478. The van der Waals surface area contributed by atoms with Crippen molar-refractivity contribution in [2.24, 2.45) is 0 Å². The van der Waals surface area contributed by atoms with Gasteiger partial charge in [-0.1, -0.05) is 30.3 Å². The molecule has 2 fully saturated rings. The maximum absolute atomic E-state index is 13.5. The highest BCUT2D eigenvalue weighted by atomic mass is 31.2. The van der Waals surface area contributed by atoms with Crippen LogP contribution in [0.1, 0.15) is 45.1 Å². The second kappa shape index (κ2) is 8.77. The first-order valence-corrected chi connectivity index (χ1v) is 13.0. The Hall–Kier alpha value is -2.57. The minimum Gasteiger partial charge on any atom is -0.387 e. The average molecular weight is 519 g/mol. The SMILES string of the molecule is CC1(C)CC(c2ccccc2)OP(=O)(OC[C@H]2O[C@@H](n3ccc4c(N)nc(N)nc43)[C@](C)(O)[C@@H]2O)O1. The summed E-state index contributed by atoms with van der Waals surface area (Å²) in [5.41, 5.74) is 10.3. The number of aliphatic hydroxyl groups excluding tert-OH is 1. The zero-order chi connectivity index (χ0) is 25.9. The zero-order valence-electron chi connectivity index (χ0n) is 20.1. The van der Waals surface area contributed by atoms with Gasteiger partial charge in [-0.3, -0.25) is 13.6 Å². The Labute approximate surface area is 207 Å². The van der Waals surface area contributed by atoms with Gasteiger partial charge in [-0.15, -0.1) is 0 Å². The van der Waals surface area contributed by atoms with Gasteiger partial charge in [-0.25, -0.2) is 4.57 Å². The molecule has 12 nitrogen and oxygen atoms in total. The summed E-state index contributed by atoms with van der Waals surface area (Å²) in [5.74, 6) is 0.132. The third-order valence-corrected chi connectivity index (χ3v) is 8.18. The number of fused-ring (bicyclic) bond motifs is 1. The first kappa shape index (κ1) is 25.1. The average Bonchev–Trinajstić information content (AvgIpc) is 3.30. The summed E-state index contributed by atoms with van der Waals surface area (Å²) in [6, 6.07) is 11.0. The van der Waals surface area contributed by atoms with E-state index < -0.39 is 43.6 Å². The fourth-order valence-corrected chi connectivity index (χ4v) is 6.38. The fourth-order valence-electron chi connectivity index (χ4n) is 4.71. The lowest BCUT2D eigenvalue weighted by molar-refractivity contribution is -0.0964. The van der Waals surface area contributed by atoms with Crippen LogP contribution in [-0.2, 0) is 22.9 Å². The van der Waals surface area contributed by atoms with E-state index in [0.29, 0.717) is 17.5 Å². The van der Waals surface area contributed by atoms with Crippen molar-refractivity contribution in [3.63, 3.8) is 0 Å². The maximum atomic E-state index is 13.5. The Morgan fingerprint density at radius 3 is 2.64 bits per heavy atom. The Morgan fingerprint density at radius 2 is 1.92 bits per heavy atom. The number of anilines is 2. The molecular formula is C23H30N5O7P. The van der Waals surface area contributed by atoms with Crippen molar-refractivity contribution >= 4 is 30.6 Å². The number of nitrogen functional groups attached to an aromatic ring is 2. The van der Waals surface area contributed by atoms with E-state index in [-0.39, 0.29) is 18.4 Å². The molecule has 2 unspecified atom stereocenters. The summed E-state index contributed by atoms with van der Waals surface area (Å²) in [4.78, 5) is 8.14. The van der Waals surface area contributed by atoms with Crippen LogP contribution in [0.15, 0.2) is 42.6 Å². The smallest absolute Gasteiger partial charge is 0.387 e. The molecule has 0 amide bonds. The number of benzene rings is 1. The van der Waals surface area contributed by atoms with E-state index in [1.165, 1.54) is 11.5 Å². The summed E-state index contributed by atoms with van der Waals surface area (Å²) < 4.78 is 38.1. The second-order valence-electron chi connectivity index (χ2n) is 9.93. The number of phosphoric acid groups is 1. The third-order valence-electron chi connectivity index (χ3n) is 6.49. The molecule has 2 aromatic heterocycles. The number of hydrogen-bond acceptors (Lipinski definition) is 11. The van der Waals surface area contributed by atoms with Gasteiger partial charge < -0.3 is 31.0 Å². The van der Waals surface area contributed by atoms with Crippen LogP contribution in [0.25, 0.3) is 11.0 Å². The normalized spacial score (nSPS) is 34.2. The van der Waals surface area contributed by atoms with Gasteiger partial charge in [0.05, 0.1) is 23.7 Å². The molecule has 2 aliphatic heterocycles. The molecule has 194 valence electrons. The first-order chi connectivity index (χ1) is 16.9. The van der Waals surface area contributed by atoms with Crippen LogP contribution in [-0.4, -0.2) is 54.8 Å². The number of hydrogen-bond donors (Lipinski definition) is 4.